The van der Waals surface area contributed by atoms with E-state index in [4.69, 9.17) is 0 Å². The topological polar surface area (TPSA) is 17.8 Å². The van der Waals surface area contributed by atoms with Gasteiger partial charge in [-0.15, -0.1) is 0 Å². The summed E-state index contributed by atoms with van der Waals surface area (Å²) in [5.41, 5.74) is 0. The van der Waals surface area contributed by atoms with Crippen LogP contribution in [0.3, 0.4) is 0 Å². The lowest BCUT2D eigenvalue weighted by Crippen LogP contribution is -2.01. The van der Waals surface area contributed by atoms with Gasteiger partial charge < -0.3 is 4.57 Å². The van der Waals surface area contributed by atoms with Crippen molar-refractivity contribution in [2.75, 3.05) is 0 Å². The van der Waals surface area contributed by atoms with Gasteiger partial charge in [-0.1, -0.05) is 33.1 Å². The summed E-state index contributed by atoms with van der Waals surface area (Å²) in [7, 11) is 0. The molecule has 0 amide bonds. The molecule has 0 fully saturated rings. The molecule has 0 saturated carbocycles. The lowest BCUT2D eigenvalue weighted by Gasteiger charge is -2.05. The molecule has 0 aliphatic rings. The van der Waals surface area contributed by atoms with Gasteiger partial charge in [0.1, 0.15) is 5.82 Å². The van der Waals surface area contributed by atoms with Crippen LogP contribution in [0.4, 0.5) is 0 Å². The van der Waals surface area contributed by atoms with E-state index in [-0.39, 0.29) is 0 Å². The van der Waals surface area contributed by atoms with E-state index < -0.39 is 0 Å². The number of aromatic nitrogens is 2. The van der Waals surface area contributed by atoms with Gasteiger partial charge in [0.2, 0.25) is 0 Å². The smallest absolute Gasteiger partial charge is 0.108 e. The molecule has 0 N–H and O–H groups in total. The fourth-order valence-electron chi connectivity index (χ4n) is 1.57. The maximum absolute atomic E-state index is 4.30. The number of nitrogens with zero attached hydrogens (tertiary/aromatic N) is 2. The van der Waals surface area contributed by atoms with Crippen LogP contribution in [-0.2, 0) is 13.0 Å². The molecule has 1 aromatic heterocycles. The predicted octanol–water partition coefficient (Wildman–Crippen LogP) is 3.03. The van der Waals surface area contributed by atoms with E-state index in [0.717, 1.165) is 13.0 Å². The molecule has 13 heavy (non-hydrogen) atoms. The van der Waals surface area contributed by atoms with Crippen LogP contribution in [0.25, 0.3) is 0 Å². The number of unbranched alkanes of at least 4 members (excludes halogenated alkanes) is 3. The van der Waals surface area contributed by atoms with Crippen LogP contribution in [0.1, 0.15) is 45.4 Å². The minimum atomic E-state index is 1.04. The molecule has 0 saturated heterocycles. The highest BCUT2D eigenvalue weighted by Gasteiger charge is 1.98. The van der Waals surface area contributed by atoms with Crippen molar-refractivity contribution in [1.82, 2.24) is 9.55 Å². The predicted molar refractivity (Wildman–Crippen MR) is 55.7 cm³/mol. The zero-order valence-corrected chi connectivity index (χ0v) is 8.79. The van der Waals surface area contributed by atoms with Crippen LogP contribution in [-0.4, -0.2) is 9.55 Å². The average Bonchev–Trinajstić information content (AvgIpc) is 2.60. The van der Waals surface area contributed by atoms with Gasteiger partial charge in [-0.2, -0.15) is 0 Å². The molecule has 0 aliphatic heterocycles. The lowest BCUT2D eigenvalue weighted by molar-refractivity contribution is 0.566. The second-order valence-electron chi connectivity index (χ2n) is 3.45. The van der Waals surface area contributed by atoms with E-state index in [1.165, 1.54) is 31.5 Å². The molecule has 2 heteroatoms. The van der Waals surface area contributed by atoms with Crippen LogP contribution in [0.15, 0.2) is 12.4 Å². The van der Waals surface area contributed by atoms with Crippen LogP contribution >= 0.6 is 0 Å². The van der Waals surface area contributed by atoms with Gasteiger partial charge in [0.25, 0.3) is 0 Å². The second kappa shape index (κ2) is 5.79. The first-order valence-electron chi connectivity index (χ1n) is 5.38. The second-order valence-corrected chi connectivity index (χ2v) is 3.45. The molecule has 2 nitrogen and oxygen atoms in total. The molecule has 1 aromatic rings. The first kappa shape index (κ1) is 10.3. The van der Waals surface area contributed by atoms with Gasteiger partial charge in [-0.05, 0) is 6.42 Å². The Morgan fingerprint density at radius 1 is 1.23 bits per heavy atom. The van der Waals surface area contributed by atoms with Crippen molar-refractivity contribution in [3.8, 4) is 0 Å². The van der Waals surface area contributed by atoms with E-state index in [2.05, 4.69) is 29.6 Å². The zero-order valence-electron chi connectivity index (χ0n) is 8.79. The molecule has 0 unspecified atom stereocenters. The van der Waals surface area contributed by atoms with Gasteiger partial charge in [0, 0.05) is 25.4 Å². The van der Waals surface area contributed by atoms with E-state index in [0.29, 0.717) is 0 Å². The highest BCUT2D eigenvalue weighted by atomic mass is 15.1. The Kier molecular flexibility index (Phi) is 4.58. The molecule has 0 aliphatic carbocycles. The number of aryl methyl sites for hydroxylation is 2. The number of rotatable bonds is 6. The Morgan fingerprint density at radius 2 is 2.08 bits per heavy atom. The lowest BCUT2D eigenvalue weighted by atomic mass is 10.2. The zero-order chi connectivity index (χ0) is 9.52. The third kappa shape index (κ3) is 3.21. The van der Waals surface area contributed by atoms with Crippen molar-refractivity contribution < 1.29 is 0 Å². The van der Waals surface area contributed by atoms with E-state index in [9.17, 15) is 0 Å². The molecule has 0 radical (unpaired) electrons. The van der Waals surface area contributed by atoms with Crippen LogP contribution in [0.5, 0.6) is 0 Å². The van der Waals surface area contributed by atoms with E-state index in [1.807, 2.05) is 6.20 Å². The van der Waals surface area contributed by atoms with Gasteiger partial charge in [-0.25, -0.2) is 4.98 Å². The summed E-state index contributed by atoms with van der Waals surface area (Å²) in [5.74, 6) is 1.22. The third-order valence-corrected chi connectivity index (χ3v) is 2.37. The maximum Gasteiger partial charge on any atom is 0.108 e. The summed E-state index contributed by atoms with van der Waals surface area (Å²) in [4.78, 5) is 4.30. The summed E-state index contributed by atoms with van der Waals surface area (Å²) in [6, 6.07) is 0. The van der Waals surface area contributed by atoms with Crippen molar-refractivity contribution in [3.05, 3.63) is 18.2 Å². The first-order valence-corrected chi connectivity index (χ1v) is 5.38. The summed E-state index contributed by atoms with van der Waals surface area (Å²) in [5, 5.41) is 0. The summed E-state index contributed by atoms with van der Waals surface area (Å²) in [6.07, 6.45) is 10.3. The summed E-state index contributed by atoms with van der Waals surface area (Å²) in [6.45, 7) is 5.54. The van der Waals surface area contributed by atoms with Gasteiger partial charge in [-0.3, -0.25) is 0 Å². The highest BCUT2D eigenvalue weighted by Crippen LogP contribution is 2.04. The average molecular weight is 180 g/mol. The van der Waals surface area contributed by atoms with Crippen molar-refractivity contribution in [3.63, 3.8) is 0 Å². The van der Waals surface area contributed by atoms with Crippen LogP contribution in [0.2, 0.25) is 0 Å². The van der Waals surface area contributed by atoms with Gasteiger partial charge in [0.15, 0.2) is 0 Å². The molecular formula is C11H20N2. The van der Waals surface area contributed by atoms with Crippen molar-refractivity contribution in [1.29, 1.82) is 0 Å². The standard InChI is InChI=1S/C11H20N2/c1-3-5-6-7-9-13-10-8-12-11(13)4-2/h8,10H,3-7,9H2,1-2H3. The number of hydrogen-bond acceptors (Lipinski definition) is 1. The molecule has 0 bridgehead atoms. The molecule has 0 aromatic carbocycles. The normalized spacial score (nSPS) is 10.6. The SMILES string of the molecule is CCCCCCn1ccnc1CC. The quantitative estimate of drug-likeness (QED) is 0.615. The summed E-state index contributed by atoms with van der Waals surface area (Å²) >= 11 is 0. The Bertz CT molecular complexity index is 228. The Labute approximate surface area is 81.0 Å². The first-order chi connectivity index (χ1) is 6.38. The van der Waals surface area contributed by atoms with Crippen molar-refractivity contribution >= 4 is 0 Å². The number of hydrogen-bond donors (Lipinski definition) is 0. The number of imidazole rings is 1. The van der Waals surface area contributed by atoms with E-state index >= 15 is 0 Å². The van der Waals surface area contributed by atoms with Crippen LogP contribution < -0.4 is 0 Å². The molecule has 74 valence electrons. The largest absolute Gasteiger partial charge is 0.335 e. The monoisotopic (exact) mass is 180 g/mol. The molecular weight excluding hydrogens is 160 g/mol. The van der Waals surface area contributed by atoms with Crippen molar-refractivity contribution in [2.24, 2.45) is 0 Å². The van der Waals surface area contributed by atoms with Crippen molar-refractivity contribution in [2.45, 2.75) is 52.5 Å². The third-order valence-electron chi connectivity index (χ3n) is 2.37. The van der Waals surface area contributed by atoms with Crippen LogP contribution in [0, 0.1) is 0 Å². The summed E-state index contributed by atoms with van der Waals surface area (Å²) < 4.78 is 2.27. The molecule has 0 spiro atoms. The fourth-order valence-corrected chi connectivity index (χ4v) is 1.57. The molecule has 1 rings (SSSR count). The highest BCUT2D eigenvalue weighted by molar-refractivity contribution is 4.91. The fraction of sp³-hybridized carbons (Fsp3) is 0.727. The Hall–Kier alpha value is -0.790. The van der Waals surface area contributed by atoms with Gasteiger partial charge >= 0.3 is 0 Å². The van der Waals surface area contributed by atoms with Gasteiger partial charge in [0.05, 0.1) is 0 Å². The molecule has 1 heterocycles. The van der Waals surface area contributed by atoms with E-state index in [1.54, 1.807) is 0 Å². The Balaban J connectivity index is 2.27. The maximum atomic E-state index is 4.30. The molecule has 0 atom stereocenters. The Morgan fingerprint density at radius 3 is 2.77 bits per heavy atom. The minimum absolute atomic E-state index is 1.04. The minimum Gasteiger partial charge on any atom is -0.335 e.